The number of aromatic amines is 1. The number of phenols is 1. The molecule has 5 rings (SSSR count). The average molecular weight is 410 g/mol. The first kappa shape index (κ1) is 19.0. The Labute approximate surface area is 173 Å². The summed E-state index contributed by atoms with van der Waals surface area (Å²) in [6.07, 6.45) is 1.81. The van der Waals surface area contributed by atoms with E-state index in [4.69, 9.17) is 10.5 Å². The molecule has 0 fully saturated rings. The number of hydrogen-bond donors (Lipinski definition) is 3. The lowest BCUT2D eigenvalue weighted by atomic mass is 10.0. The Morgan fingerprint density at radius 3 is 2.48 bits per heavy atom. The molecule has 0 spiro atoms. The molecule has 29 heavy (non-hydrogen) atoms. The maximum Gasteiger partial charge on any atom is 0.187 e. The third kappa shape index (κ3) is 3.13. The molecule has 0 amide bonds. The first-order valence-electron chi connectivity index (χ1n) is 9.09. The van der Waals surface area contributed by atoms with Crippen LogP contribution in [0.3, 0.4) is 0 Å². The average Bonchev–Trinajstić information content (AvgIpc) is 3.32. The van der Waals surface area contributed by atoms with Crippen molar-refractivity contribution in [3.05, 3.63) is 59.4 Å². The predicted molar refractivity (Wildman–Crippen MR) is 114 cm³/mol. The zero-order valence-electron chi connectivity index (χ0n) is 15.7. The van der Waals surface area contributed by atoms with Crippen molar-refractivity contribution in [2.75, 3.05) is 12.8 Å². The number of nitrogens with zero attached hydrogens (tertiary/aromatic N) is 3. The number of nitrogen functional groups attached to an aromatic ring is 1. The van der Waals surface area contributed by atoms with E-state index in [0.29, 0.717) is 28.3 Å². The predicted octanol–water partition coefficient (Wildman–Crippen LogP) is 3.62. The quantitative estimate of drug-likeness (QED) is 0.476. The molecule has 0 radical (unpaired) electrons. The number of benzene rings is 2. The number of halogens is 1. The molecule has 2 aromatic carbocycles. The van der Waals surface area contributed by atoms with Gasteiger partial charge < -0.3 is 15.6 Å². The van der Waals surface area contributed by atoms with E-state index >= 15 is 0 Å². The van der Waals surface area contributed by atoms with Gasteiger partial charge in [-0.25, -0.2) is 9.97 Å². The van der Waals surface area contributed by atoms with Gasteiger partial charge in [0.15, 0.2) is 17.1 Å². The maximum absolute atomic E-state index is 10.1. The number of nitrogens with one attached hydrogen (secondary N) is 1. The number of rotatable bonds is 3. The number of aromatic nitrogens is 4. The van der Waals surface area contributed by atoms with Gasteiger partial charge in [0.1, 0.15) is 11.6 Å². The summed E-state index contributed by atoms with van der Waals surface area (Å²) >= 11 is 0. The monoisotopic (exact) mass is 409 g/mol. The number of hydrogen-bond acceptors (Lipinski definition) is 6. The number of anilines is 1. The molecular formula is C21H20ClN5O2. The third-order valence-corrected chi connectivity index (χ3v) is 5.34. The molecule has 0 saturated heterocycles. The topological polar surface area (TPSA) is 110 Å². The van der Waals surface area contributed by atoms with Crippen LogP contribution in [0.5, 0.6) is 11.5 Å². The molecule has 148 valence electrons. The Bertz CT molecular complexity index is 1180. The second kappa shape index (κ2) is 7.25. The van der Waals surface area contributed by atoms with Crippen LogP contribution in [0.25, 0.3) is 22.3 Å². The van der Waals surface area contributed by atoms with E-state index in [0.717, 1.165) is 24.2 Å². The summed E-state index contributed by atoms with van der Waals surface area (Å²) in [7, 11) is 1.51. The maximum atomic E-state index is 10.1. The van der Waals surface area contributed by atoms with Crippen LogP contribution >= 0.6 is 12.4 Å². The fourth-order valence-electron chi connectivity index (χ4n) is 3.95. The summed E-state index contributed by atoms with van der Waals surface area (Å²) in [5, 5.41) is 18.1. The Morgan fingerprint density at radius 2 is 1.83 bits per heavy atom. The number of methoxy groups -OCH3 is 1. The van der Waals surface area contributed by atoms with E-state index in [1.807, 2.05) is 6.07 Å². The van der Waals surface area contributed by atoms with Crippen molar-refractivity contribution in [2.45, 2.75) is 18.8 Å². The molecule has 0 bridgehead atoms. The van der Waals surface area contributed by atoms with Gasteiger partial charge in [0.25, 0.3) is 0 Å². The number of phenolic OH excluding ortho intramolecular Hbond substituents is 1. The van der Waals surface area contributed by atoms with Crippen molar-refractivity contribution in [2.24, 2.45) is 0 Å². The Kier molecular flexibility index (Phi) is 4.76. The van der Waals surface area contributed by atoms with Crippen LogP contribution in [0.2, 0.25) is 0 Å². The van der Waals surface area contributed by atoms with Crippen molar-refractivity contribution >= 4 is 29.3 Å². The van der Waals surface area contributed by atoms with E-state index in [1.54, 1.807) is 12.1 Å². The third-order valence-electron chi connectivity index (χ3n) is 5.34. The number of H-pyrrole nitrogens is 1. The molecule has 1 aliphatic rings. The van der Waals surface area contributed by atoms with Crippen LogP contribution in [0.4, 0.5) is 5.82 Å². The van der Waals surface area contributed by atoms with Crippen LogP contribution < -0.4 is 10.5 Å². The summed E-state index contributed by atoms with van der Waals surface area (Å²) in [5.41, 5.74) is 10.9. The smallest absolute Gasteiger partial charge is 0.187 e. The summed E-state index contributed by atoms with van der Waals surface area (Å²) in [6.45, 7) is 0. The molecule has 1 aliphatic carbocycles. The first-order valence-corrected chi connectivity index (χ1v) is 9.09. The molecular weight excluding hydrogens is 390 g/mol. The SMILES string of the molecule is COc1ccc(-c2[nH]nc3nc(C4Cc5ccccc5C4)nc(N)c23)cc1O.Cl. The van der Waals surface area contributed by atoms with Crippen molar-refractivity contribution in [1.29, 1.82) is 0 Å². The minimum Gasteiger partial charge on any atom is -0.504 e. The standard InChI is InChI=1S/C21H19N5O2.ClH/c1-28-16-7-6-13(10-15(16)27)18-17-19(22)23-20(24-21(17)26-25-18)14-8-11-4-2-3-5-12(11)9-14;/h2-7,10,14,27H,8-9H2,1H3,(H3,22,23,24,25,26);1H. The molecule has 2 heterocycles. The van der Waals surface area contributed by atoms with E-state index in [-0.39, 0.29) is 24.1 Å². The van der Waals surface area contributed by atoms with Gasteiger partial charge in [0.05, 0.1) is 18.2 Å². The molecule has 8 heteroatoms. The lowest BCUT2D eigenvalue weighted by Crippen LogP contribution is -2.07. The van der Waals surface area contributed by atoms with Crippen molar-refractivity contribution in [3.63, 3.8) is 0 Å². The summed E-state index contributed by atoms with van der Waals surface area (Å²) in [4.78, 5) is 9.28. The van der Waals surface area contributed by atoms with Crippen molar-refractivity contribution in [1.82, 2.24) is 20.2 Å². The minimum absolute atomic E-state index is 0. The van der Waals surface area contributed by atoms with E-state index in [9.17, 15) is 5.11 Å². The van der Waals surface area contributed by atoms with Gasteiger partial charge in [0, 0.05) is 11.5 Å². The first-order chi connectivity index (χ1) is 13.6. The highest BCUT2D eigenvalue weighted by Crippen LogP contribution is 2.37. The van der Waals surface area contributed by atoms with Gasteiger partial charge in [-0.2, -0.15) is 5.10 Å². The molecule has 0 saturated carbocycles. The highest BCUT2D eigenvalue weighted by Gasteiger charge is 2.26. The highest BCUT2D eigenvalue weighted by atomic mass is 35.5. The molecule has 0 unspecified atom stereocenters. The van der Waals surface area contributed by atoms with Gasteiger partial charge in [-0.15, -0.1) is 12.4 Å². The van der Waals surface area contributed by atoms with Crippen molar-refractivity contribution < 1.29 is 9.84 Å². The summed E-state index contributed by atoms with van der Waals surface area (Å²) in [6, 6.07) is 13.5. The number of fused-ring (bicyclic) bond motifs is 2. The Hall–Kier alpha value is -3.32. The largest absolute Gasteiger partial charge is 0.504 e. The highest BCUT2D eigenvalue weighted by molar-refractivity contribution is 5.98. The Morgan fingerprint density at radius 1 is 1.10 bits per heavy atom. The zero-order chi connectivity index (χ0) is 19.3. The van der Waals surface area contributed by atoms with Gasteiger partial charge in [-0.1, -0.05) is 24.3 Å². The van der Waals surface area contributed by atoms with Crippen LogP contribution in [0, 0.1) is 0 Å². The molecule has 0 atom stereocenters. The van der Waals surface area contributed by atoms with E-state index < -0.39 is 0 Å². The second-order valence-corrected chi connectivity index (χ2v) is 7.02. The van der Waals surface area contributed by atoms with Crippen LogP contribution in [-0.4, -0.2) is 32.4 Å². The zero-order valence-corrected chi connectivity index (χ0v) is 16.5. The molecule has 4 N–H and O–H groups in total. The fraction of sp³-hybridized carbons (Fsp3) is 0.190. The number of ether oxygens (including phenoxy) is 1. The summed E-state index contributed by atoms with van der Waals surface area (Å²) in [5.74, 6) is 1.75. The van der Waals surface area contributed by atoms with Gasteiger partial charge >= 0.3 is 0 Å². The Balaban J connectivity index is 0.00000205. The van der Waals surface area contributed by atoms with Crippen LogP contribution in [-0.2, 0) is 12.8 Å². The minimum atomic E-state index is 0. The molecule has 4 aromatic rings. The van der Waals surface area contributed by atoms with E-state index in [2.05, 4.69) is 44.4 Å². The lowest BCUT2D eigenvalue weighted by molar-refractivity contribution is 0.373. The second-order valence-electron chi connectivity index (χ2n) is 7.02. The van der Waals surface area contributed by atoms with E-state index in [1.165, 1.54) is 18.2 Å². The molecule has 7 nitrogen and oxygen atoms in total. The van der Waals surface area contributed by atoms with Crippen molar-refractivity contribution in [3.8, 4) is 22.8 Å². The van der Waals surface area contributed by atoms with Gasteiger partial charge in [-0.3, -0.25) is 5.10 Å². The molecule has 2 aromatic heterocycles. The molecule has 0 aliphatic heterocycles. The number of nitrogens with two attached hydrogens (primary N) is 1. The van der Waals surface area contributed by atoms with Crippen LogP contribution in [0.1, 0.15) is 22.9 Å². The normalized spacial score (nSPS) is 13.3. The number of aromatic hydroxyl groups is 1. The van der Waals surface area contributed by atoms with Gasteiger partial charge in [-0.05, 0) is 42.2 Å². The summed E-state index contributed by atoms with van der Waals surface area (Å²) < 4.78 is 5.10. The fourth-order valence-corrected chi connectivity index (χ4v) is 3.95. The van der Waals surface area contributed by atoms with Crippen LogP contribution in [0.15, 0.2) is 42.5 Å². The lowest BCUT2D eigenvalue weighted by Gasteiger charge is -2.09. The van der Waals surface area contributed by atoms with Gasteiger partial charge in [0.2, 0.25) is 0 Å².